The molecule has 0 spiro atoms. The Balaban J connectivity index is 1.57. The van der Waals surface area contributed by atoms with Crippen LogP contribution in [0, 0.1) is 34.8 Å². The van der Waals surface area contributed by atoms with E-state index in [-0.39, 0.29) is 11.3 Å². The topological polar surface area (TPSA) is 59.3 Å². The van der Waals surface area contributed by atoms with Crippen LogP contribution in [0.2, 0.25) is 0 Å². The number of esters is 1. The molecule has 1 fully saturated rings. The fourth-order valence-electron chi connectivity index (χ4n) is 3.28. The zero-order valence-corrected chi connectivity index (χ0v) is 15.6. The van der Waals surface area contributed by atoms with Crippen molar-refractivity contribution in [3.8, 4) is 17.6 Å². The zero-order valence-electron chi connectivity index (χ0n) is 15.6. The molecule has 0 unspecified atom stereocenters. The van der Waals surface area contributed by atoms with E-state index in [9.17, 15) is 13.6 Å². The Labute approximate surface area is 162 Å². The molecule has 1 aliphatic carbocycles. The second-order valence-corrected chi connectivity index (χ2v) is 7.22. The Morgan fingerprint density at radius 2 is 1.68 bits per heavy atom. The lowest BCUT2D eigenvalue weighted by molar-refractivity contribution is 0.0734. The summed E-state index contributed by atoms with van der Waals surface area (Å²) in [4.78, 5) is 12.2. The predicted octanol–water partition coefficient (Wildman–Crippen LogP) is 5.26. The average Bonchev–Trinajstić information content (AvgIpc) is 2.68. The molecule has 28 heavy (non-hydrogen) atoms. The highest BCUT2D eigenvalue weighted by Crippen LogP contribution is 2.29. The third-order valence-corrected chi connectivity index (χ3v) is 5.05. The molecule has 0 atom stereocenters. The second-order valence-electron chi connectivity index (χ2n) is 7.22. The predicted molar refractivity (Wildman–Crippen MR) is 99.1 cm³/mol. The van der Waals surface area contributed by atoms with Gasteiger partial charge in [0.2, 0.25) is 0 Å². The van der Waals surface area contributed by atoms with E-state index in [0.29, 0.717) is 18.3 Å². The van der Waals surface area contributed by atoms with E-state index in [2.05, 4.69) is 6.92 Å². The highest BCUT2D eigenvalue weighted by molar-refractivity contribution is 5.91. The fourth-order valence-corrected chi connectivity index (χ4v) is 3.28. The maximum atomic E-state index is 13.6. The third kappa shape index (κ3) is 4.86. The van der Waals surface area contributed by atoms with Crippen LogP contribution in [0.3, 0.4) is 0 Å². The molecule has 4 nitrogen and oxygen atoms in total. The lowest BCUT2D eigenvalue weighted by Crippen LogP contribution is -2.18. The maximum absolute atomic E-state index is 13.6. The van der Waals surface area contributed by atoms with Gasteiger partial charge in [-0.05, 0) is 48.9 Å². The van der Waals surface area contributed by atoms with Gasteiger partial charge in [0.25, 0.3) is 0 Å². The van der Waals surface area contributed by atoms with Crippen molar-refractivity contribution in [2.24, 2.45) is 11.8 Å². The van der Waals surface area contributed by atoms with E-state index in [4.69, 9.17) is 14.7 Å². The van der Waals surface area contributed by atoms with Gasteiger partial charge in [-0.25, -0.2) is 13.6 Å². The number of halogens is 2. The summed E-state index contributed by atoms with van der Waals surface area (Å²) in [7, 11) is 0. The van der Waals surface area contributed by atoms with Gasteiger partial charge in [0, 0.05) is 12.1 Å². The number of rotatable bonds is 5. The summed E-state index contributed by atoms with van der Waals surface area (Å²) >= 11 is 0. The van der Waals surface area contributed by atoms with Crippen molar-refractivity contribution in [2.45, 2.75) is 32.6 Å². The highest BCUT2D eigenvalue weighted by atomic mass is 19.1. The van der Waals surface area contributed by atoms with Crippen LogP contribution in [0.4, 0.5) is 8.78 Å². The molecule has 0 heterocycles. The molecular weight excluding hydrogens is 364 g/mol. The first-order chi connectivity index (χ1) is 13.5. The summed E-state index contributed by atoms with van der Waals surface area (Å²) in [5.74, 6) is -1.20. The van der Waals surface area contributed by atoms with Crippen LogP contribution in [-0.4, -0.2) is 12.6 Å². The van der Waals surface area contributed by atoms with Crippen molar-refractivity contribution >= 4 is 5.97 Å². The Hall–Kier alpha value is -2.94. The lowest BCUT2D eigenvalue weighted by Gasteiger charge is -2.26. The minimum atomic E-state index is -1.08. The summed E-state index contributed by atoms with van der Waals surface area (Å²) in [5, 5.41) is 8.66. The number of nitrogens with zero attached hydrogens (tertiary/aromatic N) is 1. The highest BCUT2D eigenvalue weighted by Gasteiger charge is 2.19. The lowest BCUT2D eigenvalue weighted by atomic mass is 9.83. The summed E-state index contributed by atoms with van der Waals surface area (Å²) in [6, 6.07) is 9.45. The van der Waals surface area contributed by atoms with Gasteiger partial charge >= 0.3 is 5.97 Å². The van der Waals surface area contributed by atoms with Gasteiger partial charge in [0.05, 0.1) is 12.2 Å². The quantitative estimate of drug-likeness (QED) is 0.520. The van der Waals surface area contributed by atoms with Gasteiger partial charge in [0.15, 0.2) is 0 Å². The molecule has 146 valence electrons. The number of benzene rings is 2. The van der Waals surface area contributed by atoms with E-state index < -0.39 is 23.2 Å². The molecular formula is C22H21F2NO3. The van der Waals surface area contributed by atoms with Crippen LogP contribution in [0.25, 0.3) is 0 Å². The van der Waals surface area contributed by atoms with E-state index in [1.54, 1.807) is 12.1 Å². The monoisotopic (exact) mass is 385 g/mol. The Morgan fingerprint density at radius 3 is 2.25 bits per heavy atom. The number of carbonyl (C=O) groups excluding carboxylic acids is 1. The van der Waals surface area contributed by atoms with Crippen LogP contribution >= 0.6 is 0 Å². The molecule has 2 aromatic rings. The van der Waals surface area contributed by atoms with Crippen LogP contribution in [-0.2, 0) is 0 Å². The maximum Gasteiger partial charge on any atom is 0.343 e. The fraction of sp³-hybridized carbons (Fsp3) is 0.364. The van der Waals surface area contributed by atoms with E-state index in [0.717, 1.165) is 18.1 Å². The summed E-state index contributed by atoms with van der Waals surface area (Å²) in [6.07, 6.45) is 4.80. The van der Waals surface area contributed by atoms with Crippen molar-refractivity contribution in [1.82, 2.24) is 0 Å². The Kier molecular flexibility index (Phi) is 6.25. The number of hydrogen-bond acceptors (Lipinski definition) is 4. The SMILES string of the molecule is CC1CCC(COc2ccc(C(=O)Oc3cc(F)c(C#N)c(F)c3)cc2)CC1. The minimum Gasteiger partial charge on any atom is -0.493 e. The summed E-state index contributed by atoms with van der Waals surface area (Å²) < 4.78 is 38.0. The Morgan fingerprint density at radius 1 is 1.07 bits per heavy atom. The van der Waals surface area contributed by atoms with Crippen molar-refractivity contribution in [1.29, 1.82) is 5.26 Å². The molecule has 1 saturated carbocycles. The van der Waals surface area contributed by atoms with Crippen LogP contribution in [0.15, 0.2) is 36.4 Å². The molecule has 2 aromatic carbocycles. The molecule has 6 heteroatoms. The van der Waals surface area contributed by atoms with Gasteiger partial charge in [-0.15, -0.1) is 0 Å². The molecule has 0 amide bonds. The molecule has 0 saturated heterocycles. The van der Waals surface area contributed by atoms with Crippen LogP contribution < -0.4 is 9.47 Å². The van der Waals surface area contributed by atoms with E-state index in [1.807, 2.05) is 0 Å². The number of carbonyl (C=O) groups is 1. The molecule has 0 bridgehead atoms. The standard InChI is InChI=1S/C22H21F2NO3/c1-14-2-4-15(5-3-14)13-27-17-8-6-16(7-9-17)22(26)28-18-10-20(23)19(12-25)21(24)11-18/h6-11,14-15H,2-5,13H2,1H3. The number of nitriles is 1. The number of ether oxygens (including phenoxy) is 2. The molecule has 0 aromatic heterocycles. The van der Waals surface area contributed by atoms with E-state index in [1.165, 1.54) is 43.9 Å². The molecule has 3 rings (SSSR count). The van der Waals surface area contributed by atoms with Crippen molar-refractivity contribution in [3.63, 3.8) is 0 Å². The third-order valence-electron chi connectivity index (χ3n) is 5.05. The minimum absolute atomic E-state index is 0.226. The Bertz CT molecular complexity index is 859. The average molecular weight is 385 g/mol. The molecule has 0 radical (unpaired) electrons. The first-order valence-electron chi connectivity index (χ1n) is 9.30. The molecule has 0 aliphatic heterocycles. The number of hydrogen-bond donors (Lipinski definition) is 0. The largest absolute Gasteiger partial charge is 0.493 e. The van der Waals surface area contributed by atoms with Crippen molar-refractivity contribution in [2.75, 3.05) is 6.61 Å². The smallest absolute Gasteiger partial charge is 0.343 e. The van der Waals surface area contributed by atoms with Gasteiger partial charge < -0.3 is 9.47 Å². The molecule has 0 N–H and O–H groups in total. The van der Waals surface area contributed by atoms with Crippen molar-refractivity contribution < 1.29 is 23.0 Å². The van der Waals surface area contributed by atoms with Crippen molar-refractivity contribution in [3.05, 3.63) is 59.2 Å². The normalized spacial score (nSPS) is 18.9. The molecule has 1 aliphatic rings. The summed E-state index contributed by atoms with van der Waals surface area (Å²) in [5.41, 5.74) is -0.488. The first-order valence-corrected chi connectivity index (χ1v) is 9.30. The van der Waals surface area contributed by atoms with Gasteiger partial charge in [-0.3, -0.25) is 0 Å². The zero-order chi connectivity index (χ0) is 20.1. The second kappa shape index (κ2) is 8.83. The van der Waals surface area contributed by atoms with Gasteiger partial charge in [-0.2, -0.15) is 5.26 Å². The van der Waals surface area contributed by atoms with Crippen LogP contribution in [0.1, 0.15) is 48.5 Å². The summed E-state index contributed by atoms with van der Waals surface area (Å²) in [6.45, 7) is 2.93. The first kappa shape index (κ1) is 19.8. The van der Waals surface area contributed by atoms with Gasteiger partial charge in [0.1, 0.15) is 34.8 Å². The van der Waals surface area contributed by atoms with Crippen LogP contribution in [0.5, 0.6) is 11.5 Å². The van der Waals surface area contributed by atoms with E-state index >= 15 is 0 Å². The van der Waals surface area contributed by atoms with Gasteiger partial charge in [-0.1, -0.05) is 19.8 Å².